The van der Waals surface area contributed by atoms with Crippen LogP contribution < -0.4 is 19.5 Å². The van der Waals surface area contributed by atoms with Crippen molar-refractivity contribution in [2.75, 3.05) is 20.3 Å². The van der Waals surface area contributed by atoms with E-state index >= 15 is 0 Å². The summed E-state index contributed by atoms with van der Waals surface area (Å²) in [5, 5.41) is 2.99. The lowest BCUT2D eigenvalue weighted by Crippen LogP contribution is -2.26. The van der Waals surface area contributed by atoms with Gasteiger partial charge < -0.3 is 19.5 Å². The minimum Gasteiger partial charge on any atom is -0.497 e. The average Bonchev–Trinajstić information content (AvgIpc) is 2.63. The highest BCUT2D eigenvalue weighted by atomic mass is 16.5. The van der Waals surface area contributed by atoms with Crippen LogP contribution in [0.1, 0.15) is 42.7 Å². The fourth-order valence-corrected chi connectivity index (χ4v) is 2.45. The van der Waals surface area contributed by atoms with Crippen LogP contribution in [-0.2, 0) is 0 Å². The molecule has 1 N–H and O–H groups in total. The zero-order valence-corrected chi connectivity index (χ0v) is 15.2. The Labute approximate surface area is 148 Å². The van der Waals surface area contributed by atoms with Gasteiger partial charge in [0.15, 0.2) is 11.5 Å². The topological polar surface area (TPSA) is 56.8 Å². The number of carbonyl (C=O) groups excluding carboxylic acids is 1. The van der Waals surface area contributed by atoms with Gasteiger partial charge in [-0.1, -0.05) is 12.1 Å². The predicted molar refractivity (Wildman–Crippen MR) is 97.7 cm³/mol. The molecule has 1 amide bonds. The maximum Gasteiger partial charge on any atom is 0.251 e. The van der Waals surface area contributed by atoms with E-state index in [9.17, 15) is 4.79 Å². The third kappa shape index (κ3) is 4.89. The van der Waals surface area contributed by atoms with Crippen LogP contribution in [0, 0.1) is 0 Å². The lowest BCUT2D eigenvalue weighted by molar-refractivity contribution is 0.0939. The van der Waals surface area contributed by atoms with Crippen LogP contribution in [0.2, 0.25) is 0 Å². The van der Waals surface area contributed by atoms with Crippen molar-refractivity contribution < 1.29 is 19.0 Å². The summed E-state index contributed by atoms with van der Waals surface area (Å²) in [4.78, 5) is 12.5. The van der Waals surface area contributed by atoms with Gasteiger partial charge in [-0.2, -0.15) is 0 Å². The van der Waals surface area contributed by atoms with Crippen LogP contribution in [0.5, 0.6) is 17.2 Å². The predicted octanol–water partition coefficient (Wildman–Crippen LogP) is 3.98. The summed E-state index contributed by atoms with van der Waals surface area (Å²) in [6.45, 7) is 6.80. The molecule has 0 aliphatic carbocycles. The summed E-state index contributed by atoms with van der Waals surface area (Å²) in [6, 6.07) is 12.7. The summed E-state index contributed by atoms with van der Waals surface area (Å²) in [5.41, 5.74) is 1.54. The van der Waals surface area contributed by atoms with Crippen LogP contribution in [0.15, 0.2) is 42.5 Å². The van der Waals surface area contributed by atoms with Gasteiger partial charge >= 0.3 is 0 Å². The Kier molecular flexibility index (Phi) is 6.69. The molecule has 5 nitrogen and oxygen atoms in total. The molecule has 0 aliphatic heterocycles. The van der Waals surface area contributed by atoms with Crippen molar-refractivity contribution in [3.8, 4) is 17.2 Å². The van der Waals surface area contributed by atoms with Crippen LogP contribution in [0.4, 0.5) is 0 Å². The van der Waals surface area contributed by atoms with Gasteiger partial charge in [0.05, 0.1) is 26.4 Å². The fourth-order valence-electron chi connectivity index (χ4n) is 2.45. The van der Waals surface area contributed by atoms with E-state index in [2.05, 4.69) is 5.32 Å². The molecule has 25 heavy (non-hydrogen) atoms. The Bertz CT molecular complexity index is 697. The molecule has 1 unspecified atom stereocenters. The molecule has 134 valence electrons. The van der Waals surface area contributed by atoms with E-state index in [-0.39, 0.29) is 11.9 Å². The highest BCUT2D eigenvalue weighted by Gasteiger charge is 2.14. The maximum absolute atomic E-state index is 12.5. The first-order chi connectivity index (χ1) is 12.1. The Balaban J connectivity index is 2.12. The minimum atomic E-state index is -0.160. The fraction of sp³-hybridized carbons (Fsp3) is 0.350. The van der Waals surface area contributed by atoms with Gasteiger partial charge in [-0.05, 0) is 56.7 Å². The van der Waals surface area contributed by atoms with Gasteiger partial charge in [-0.25, -0.2) is 0 Å². The highest BCUT2D eigenvalue weighted by molar-refractivity contribution is 5.95. The molecule has 0 saturated carbocycles. The normalized spacial score (nSPS) is 11.5. The van der Waals surface area contributed by atoms with E-state index in [0.717, 1.165) is 11.3 Å². The van der Waals surface area contributed by atoms with Crippen molar-refractivity contribution in [3.05, 3.63) is 53.6 Å². The molecule has 0 radical (unpaired) electrons. The lowest BCUT2D eigenvalue weighted by atomic mass is 10.1. The Morgan fingerprint density at radius 1 is 1.00 bits per heavy atom. The number of carbonyl (C=O) groups is 1. The van der Waals surface area contributed by atoms with Crippen molar-refractivity contribution >= 4 is 5.91 Å². The second-order valence-electron chi connectivity index (χ2n) is 5.50. The molecule has 0 spiro atoms. The number of benzene rings is 2. The molecular weight excluding hydrogens is 318 g/mol. The van der Waals surface area contributed by atoms with E-state index in [1.165, 1.54) is 0 Å². The minimum absolute atomic E-state index is 0.125. The quantitative estimate of drug-likeness (QED) is 0.787. The molecule has 5 heteroatoms. The second-order valence-corrected chi connectivity index (χ2v) is 5.50. The zero-order valence-electron chi connectivity index (χ0n) is 15.2. The Morgan fingerprint density at radius 3 is 2.24 bits per heavy atom. The molecule has 0 fully saturated rings. The standard InChI is InChI=1S/C20H25NO4/c1-5-24-18-12-9-16(13-19(18)25-6-2)20(22)21-14(3)15-7-10-17(23-4)11-8-15/h7-14H,5-6H2,1-4H3,(H,21,22). The molecule has 0 aromatic heterocycles. The van der Waals surface area contributed by atoms with Crippen molar-refractivity contribution in [1.29, 1.82) is 0 Å². The number of rotatable bonds is 8. The first-order valence-corrected chi connectivity index (χ1v) is 8.43. The number of hydrogen-bond donors (Lipinski definition) is 1. The summed E-state index contributed by atoms with van der Waals surface area (Å²) in [7, 11) is 1.63. The van der Waals surface area contributed by atoms with Gasteiger partial charge in [0.25, 0.3) is 5.91 Å². The van der Waals surface area contributed by atoms with Crippen LogP contribution in [0.25, 0.3) is 0 Å². The molecule has 0 heterocycles. The number of hydrogen-bond acceptors (Lipinski definition) is 4. The number of amides is 1. The Morgan fingerprint density at radius 2 is 1.64 bits per heavy atom. The molecule has 0 bridgehead atoms. The van der Waals surface area contributed by atoms with Crippen molar-refractivity contribution in [2.45, 2.75) is 26.8 Å². The van der Waals surface area contributed by atoms with Crippen LogP contribution in [-0.4, -0.2) is 26.2 Å². The van der Waals surface area contributed by atoms with Gasteiger partial charge in [0.1, 0.15) is 5.75 Å². The van der Waals surface area contributed by atoms with E-state index in [4.69, 9.17) is 14.2 Å². The van der Waals surface area contributed by atoms with Crippen LogP contribution in [0.3, 0.4) is 0 Å². The SMILES string of the molecule is CCOc1ccc(C(=O)NC(C)c2ccc(OC)cc2)cc1OCC. The third-order valence-electron chi connectivity index (χ3n) is 3.77. The molecule has 1 atom stereocenters. The van der Waals surface area contributed by atoms with Crippen molar-refractivity contribution in [3.63, 3.8) is 0 Å². The maximum atomic E-state index is 12.5. The smallest absolute Gasteiger partial charge is 0.251 e. The summed E-state index contributed by atoms with van der Waals surface area (Å²) >= 11 is 0. The molecule has 2 aromatic carbocycles. The van der Waals surface area contributed by atoms with E-state index in [1.807, 2.05) is 45.0 Å². The number of ether oxygens (including phenoxy) is 3. The lowest BCUT2D eigenvalue weighted by Gasteiger charge is -2.16. The van der Waals surface area contributed by atoms with Crippen LogP contribution >= 0.6 is 0 Å². The zero-order chi connectivity index (χ0) is 18.2. The molecule has 2 aromatic rings. The summed E-state index contributed by atoms with van der Waals surface area (Å²) in [5.74, 6) is 1.85. The average molecular weight is 343 g/mol. The first kappa shape index (κ1) is 18.6. The van der Waals surface area contributed by atoms with Gasteiger partial charge in [0, 0.05) is 5.56 Å². The van der Waals surface area contributed by atoms with Gasteiger partial charge in [-0.15, -0.1) is 0 Å². The summed E-state index contributed by atoms with van der Waals surface area (Å²) < 4.78 is 16.3. The first-order valence-electron chi connectivity index (χ1n) is 8.43. The van der Waals surface area contributed by atoms with Gasteiger partial charge in [-0.3, -0.25) is 4.79 Å². The molecule has 2 rings (SSSR count). The molecule has 0 aliphatic rings. The van der Waals surface area contributed by atoms with E-state index in [0.29, 0.717) is 30.3 Å². The summed E-state index contributed by atoms with van der Waals surface area (Å²) in [6.07, 6.45) is 0. The number of nitrogens with one attached hydrogen (secondary N) is 1. The molecular formula is C20H25NO4. The van der Waals surface area contributed by atoms with E-state index in [1.54, 1.807) is 25.3 Å². The monoisotopic (exact) mass is 343 g/mol. The second kappa shape index (κ2) is 8.97. The number of methoxy groups -OCH3 is 1. The molecule has 0 saturated heterocycles. The Hall–Kier alpha value is -2.69. The van der Waals surface area contributed by atoms with E-state index < -0.39 is 0 Å². The van der Waals surface area contributed by atoms with Crippen molar-refractivity contribution in [1.82, 2.24) is 5.32 Å². The van der Waals surface area contributed by atoms with Gasteiger partial charge in [0.2, 0.25) is 0 Å². The third-order valence-corrected chi connectivity index (χ3v) is 3.77. The largest absolute Gasteiger partial charge is 0.497 e. The van der Waals surface area contributed by atoms with Crippen molar-refractivity contribution in [2.24, 2.45) is 0 Å². The highest BCUT2D eigenvalue weighted by Crippen LogP contribution is 2.29.